The van der Waals surface area contributed by atoms with Crippen LogP contribution in [0.3, 0.4) is 0 Å². The molecule has 0 aromatic heterocycles. The van der Waals surface area contributed by atoms with Crippen molar-refractivity contribution >= 4 is 0 Å². The molecule has 0 aliphatic heterocycles. The molecule has 4 N–H and O–H groups in total. The Hall–Kier alpha value is -1.18. The van der Waals surface area contributed by atoms with E-state index in [2.05, 4.69) is 6.58 Å². The Morgan fingerprint density at radius 3 is 2.20 bits per heavy atom. The molecule has 0 amide bonds. The molecule has 0 heterocycles. The molecule has 56 valence electrons. The molecule has 0 fully saturated rings. The van der Waals surface area contributed by atoms with E-state index in [1.54, 1.807) is 6.08 Å². The monoisotopic (exact) mass is 138 g/mol. The summed E-state index contributed by atoms with van der Waals surface area (Å²) in [6.07, 6.45) is 3.75. The highest BCUT2D eigenvalue weighted by atomic mass is 14.7. The smallest absolute Gasteiger partial charge is 0.0544 e. The maximum atomic E-state index is 5.49. The van der Waals surface area contributed by atoms with E-state index in [1.807, 2.05) is 19.9 Å². The lowest BCUT2D eigenvalue weighted by Crippen LogP contribution is -2.07. The minimum atomic E-state index is 0.418. The number of rotatable bonds is 2. The first-order valence-electron chi connectivity index (χ1n) is 3.12. The Bertz CT molecular complexity index is 187. The van der Waals surface area contributed by atoms with Gasteiger partial charge in [0.05, 0.1) is 5.70 Å². The zero-order valence-electron chi connectivity index (χ0n) is 6.52. The molecule has 10 heavy (non-hydrogen) atoms. The zero-order valence-corrected chi connectivity index (χ0v) is 6.52. The minimum absolute atomic E-state index is 0.418. The van der Waals surface area contributed by atoms with Crippen molar-refractivity contribution in [1.82, 2.24) is 0 Å². The SMILES string of the molecule is C=C(N)/C(N)=C\C(C)=C/C. The van der Waals surface area contributed by atoms with Gasteiger partial charge in [0, 0.05) is 5.70 Å². The van der Waals surface area contributed by atoms with E-state index in [0.717, 1.165) is 5.57 Å². The quantitative estimate of drug-likeness (QED) is 0.564. The molecule has 0 aliphatic carbocycles. The summed E-state index contributed by atoms with van der Waals surface area (Å²) in [6, 6.07) is 0. The van der Waals surface area contributed by atoms with E-state index < -0.39 is 0 Å². The van der Waals surface area contributed by atoms with Crippen LogP contribution in [0.1, 0.15) is 13.8 Å². The molecule has 0 unspecified atom stereocenters. The third-order valence-corrected chi connectivity index (χ3v) is 1.21. The summed E-state index contributed by atoms with van der Waals surface area (Å²) >= 11 is 0. The average molecular weight is 138 g/mol. The number of nitrogens with two attached hydrogens (primary N) is 2. The fourth-order valence-electron chi connectivity index (χ4n) is 0.421. The Morgan fingerprint density at radius 2 is 1.90 bits per heavy atom. The number of hydrogen-bond acceptors (Lipinski definition) is 2. The molecule has 0 bridgehead atoms. The largest absolute Gasteiger partial charge is 0.398 e. The van der Waals surface area contributed by atoms with E-state index in [-0.39, 0.29) is 0 Å². The van der Waals surface area contributed by atoms with Crippen molar-refractivity contribution in [3.05, 3.63) is 35.7 Å². The minimum Gasteiger partial charge on any atom is -0.398 e. The van der Waals surface area contributed by atoms with Crippen LogP contribution in [-0.2, 0) is 0 Å². The molecule has 0 aromatic carbocycles. The molecule has 0 atom stereocenters. The van der Waals surface area contributed by atoms with E-state index in [0.29, 0.717) is 11.4 Å². The average Bonchev–Trinajstić information content (AvgIpc) is 1.87. The number of allylic oxidation sites excluding steroid dienone is 3. The fourth-order valence-corrected chi connectivity index (χ4v) is 0.421. The highest BCUT2D eigenvalue weighted by molar-refractivity contribution is 5.30. The third-order valence-electron chi connectivity index (χ3n) is 1.21. The highest BCUT2D eigenvalue weighted by Gasteiger charge is 1.89. The molecule has 0 saturated carbocycles. The van der Waals surface area contributed by atoms with Crippen LogP contribution in [0.25, 0.3) is 0 Å². The summed E-state index contributed by atoms with van der Waals surface area (Å²) in [4.78, 5) is 0. The molecular formula is C8H14N2. The second-order valence-corrected chi connectivity index (χ2v) is 2.16. The Labute approximate surface area is 61.9 Å². The van der Waals surface area contributed by atoms with Crippen molar-refractivity contribution in [3.63, 3.8) is 0 Å². The van der Waals surface area contributed by atoms with Gasteiger partial charge in [-0.15, -0.1) is 0 Å². The van der Waals surface area contributed by atoms with E-state index in [9.17, 15) is 0 Å². The molecule has 0 radical (unpaired) electrons. The second kappa shape index (κ2) is 3.77. The van der Waals surface area contributed by atoms with Gasteiger partial charge >= 0.3 is 0 Å². The summed E-state index contributed by atoms with van der Waals surface area (Å²) in [5.41, 5.74) is 12.9. The molecule has 2 nitrogen and oxygen atoms in total. The Kier molecular flexibility index (Phi) is 3.33. The molecular weight excluding hydrogens is 124 g/mol. The van der Waals surface area contributed by atoms with Crippen LogP contribution >= 0.6 is 0 Å². The van der Waals surface area contributed by atoms with Crippen LogP contribution in [0.4, 0.5) is 0 Å². The molecule has 0 spiro atoms. The van der Waals surface area contributed by atoms with Gasteiger partial charge in [-0.1, -0.05) is 18.2 Å². The van der Waals surface area contributed by atoms with Crippen LogP contribution in [0, 0.1) is 0 Å². The van der Waals surface area contributed by atoms with Crippen molar-refractivity contribution < 1.29 is 0 Å². The topological polar surface area (TPSA) is 52.0 Å². The van der Waals surface area contributed by atoms with Crippen LogP contribution in [0.15, 0.2) is 35.7 Å². The van der Waals surface area contributed by atoms with E-state index in [4.69, 9.17) is 11.5 Å². The standard InChI is InChI=1S/C8H14N2/c1-4-6(2)5-8(10)7(3)9/h4-5H,3,9-10H2,1-2H3/b6-4-,8-5+. The predicted molar refractivity (Wildman–Crippen MR) is 45.0 cm³/mol. The van der Waals surface area contributed by atoms with Gasteiger partial charge in [0.1, 0.15) is 0 Å². The van der Waals surface area contributed by atoms with Gasteiger partial charge in [0.25, 0.3) is 0 Å². The van der Waals surface area contributed by atoms with Gasteiger partial charge in [-0.25, -0.2) is 0 Å². The van der Waals surface area contributed by atoms with Crippen LogP contribution in [0.5, 0.6) is 0 Å². The Balaban J connectivity index is 4.31. The van der Waals surface area contributed by atoms with Crippen LogP contribution in [0.2, 0.25) is 0 Å². The summed E-state index contributed by atoms with van der Waals surface area (Å²) in [5, 5.41) is 0. The lowest BCUT2D eigenvalue weighted by Gasteiger charge is -1.97. The van der Waals surface area contributed by atoms with E-state index >= 15 is 0 Å². The number of hydrogen-bond donors (Lipinski definition) is 2. The zero-order chi connectivity index (χ0) is 8.15. The summed E-state index contributed by atoms with van der Waals surface area (Å²) < 4.78 is 0. The Morgan fingerprint density at radius 1 is 1.40 bits per heavy atom. The van der Waals surface area contributed by atoms with Gasteiger partial charge < -0.3 is 11.5 Å². The molecule has 0 aromatic rings. The summed E-state index contributed by atoms with van der Waals surface area (Å²) in [7, 11) is 0. The molecule has 0 saturated heterocycles. The highest BCUT2D eigenvalue weighted by Crippen LogP contribution is 1.99. The molecule has 0 aliphatic rings. The van der Waals surface area contributed by atoms with Crippen molar-refractivity contribution in [2.24, 2.45) is 11.5 Å². The van der Waals surface area contributed by atoms with Crippen molar-refractivity contribution in [1.29, 1.82) is 0 Å². The maximum Gasteiger partial charge on any atom is 0.0544 e. The van der Waals surface area contributed by atoms with Gasteiger partial charge in [-0.2, -0.15) is 0 Å². The lowest BCUT2D eigenvalue weighted by molar-refractivity contribution is 1.24. The summed E-state index contributed by atoms with van der Waals surface area (Å²) in [6.45, 7) is 7.40. The van der Waals surface area contributed by atoms with Gasteiger partial charge in [-0.05, 0) is 19.9 Å². The van der Waals surface area contributed by atoms with Gasteiger partial charge in [-0.3, -0.25) is 0 Å². The summed E-state index contributed by atoms with van der Waals surface area (Å²) in [5.74, 6) is 0. The van der Waals surface area contributed by atoms with Gasteiger partial charge in [0.2, 0.25) is 0 Å². The van der Waals surface area contributed by atoms with E-state index in [1.165, 1.54) is 0 Å². The first-order chi connectivity index (χ1) is 4.57. The normalized spacial score (nSPS) is 13.4. The van der Waals surface area contributed by atoms with Crippen molar-refractivity contribution in [2.75, 3.05) is 0 Å². The fraction of sp³-hybridized carbons (Fsp3) is 0.250. The van der Waals surface area contributed by atoms with Crippen molar-refractivity contribution in [2.45, 2.75) is 13.8 Å². The van der Waals surface area contributed by atoms with Crippen LogP contribution < -0.4 is 11.5 Å². The second-order valence-electron chi connectivity index (χ2n) is 2.16. The van der Waals surface area contributed by atoms with Gasteiger partial charge in [0.15, 0.2) is 0 Å². The first-order valence-corrected chi connectivity index (χ1v) is 3.12. The third kappa shape index (κ3) is 2.97. The lowest BCUT2D eigenvalue weighted by atomic mass is 10.2. The first kappa shape index (κ1) is 8.82. The molecule has 0 rings (SSSR count). The predicted octanol–water partition coefficient (Wildman–Crippen LogP) is 1.27. The van der Waals surface area contributed by atoms with Crippen molar-refractivity contribution in [3.8, 4) is 0 Å². The molecule has 2 heteroatoms. The maximum absolute atomic E-state index is 5.49. The van der Waals surface area contributed by atoms with Crippen LogP contribution in [-0.4, -0.2) is 0 Å².